The van der Waals surface area contributed by atoms with Gasteiger partial charge in [0, 0.05) is 19.6 Å². The summed E-state index contributed by atoms with van der Waals surface area (Å²) < 4.78 is 5.29. The smallest absolute Gasteiger partial charge is 0.307 e. The summed E-state index contributed by atoms with van der Waals surface area (Å²) in [6.45, 7) is 7.41. The van der Waals surface area contributed by atoms with Crippen LogP contribution in [0.2, 0.25) is 0 Å². The molecule has 1 saturated heterocycles. The van der Waals surface area contributed by atoms with Crippen LogP contribution in [-0.4, -0.2) is 37.1 Å². The van der Waals surface area contributed by atoms with Crippen molar-refractivity contribution in [3.63, 3.8) is 0 Å². The summed E-state index contributed by atoms with van der Waals surface area (Å²) in [5, 5.41) is 0. The van der Waals surface area contributed by atoms with Crippen LogP contribution < -0.4 is 0 Å². The molecule has 0 N–H and O–H groups in total. The predicted octanol–water partition coefficient (Wildman–Crippen LogP) is 5.17. The fourth-order valence-corrected chi connectivity index (χ4v) is 3.66. The molecule has 1 aliphatic rings. The second-order valence-electron chi connectivity index (χ2n) is 7.88. The molecule has 0 saturated carbocycles. The molecule has 0 atom stereocenters. The van der Waals surface area contributed by atoms with Crippen molar-refractivity contribution in [1.82, 2.24) is 4.90 Å². The SMILES string of the molecule is CC(C)COC(=O)CCN1CCC(=C(c2ccccc2)c2ccccc2)CC1. The number of carbonyl (C=O) groups excluding carboxylic acids is 1. The van der Waals surface area contributed by atoms with Crippen molar-refractivity contribution in [3.8, 4) is 0 Å². The van der Waals surface area contributed by atoms with Gasteiger partial charge in [0.25, 0.3) is 0 Å². The van der Waals surface area contributed by atoms with Crippen LogP contribution in [0.1, 0.15) is 44.2 Å². The van der Waals surface area contributed by atoms with Crippen LogP contribution in [0, 0.1) is 5.92 Å². The van der Waals surface area contributed by atoms with Crippen molar-refractivity contribution in [2.75, 3.05) is 26.2 Å². The minimum absolute atomic E-state index is 0.0794. The molecule has 0 radical (unpaired) electrons. The third kappa shape index (κ3) is 5.80. The van der Waals surface area contributed by atoms with Crippen molar-refractivity contribution < 1.29 is 9.53 Å². The molecule has 3 heteroatoms. The largest absolute Gasteiger partial charge is 0.465 e. The fraction of sp³-hybridized carbons (Fsp3) is 0.400. The molecule has 0 bridgehead atoms. The summed E-state index contributed by atoms with van der Waals surface area (Å²) in [7, 11) is 0. The van der Waals surface area contributed by atoms with Gasteiger partial charge < -0.3 is 9.64 Å². The van der Waals surface area contributed by atoms with Gasteiger partial charge in [0.2, 0.25) is 0 Å². The predicted molar refractivity (Wildman–Crippen MR) is 115 cm³/mol. The van der Waals surface area contributed by atoms with Gasteiger partial charge in [0.1, 0.15) is 0 Å². The maximum atomic E-state index is 11.9. The van der Waals surface area contributed by atoms with Gasteiger partial charge >= 0.3 is 5.97 Å². The van der Waals surface area contributed by atoms with Crippen molar-refractivity contribution in [3.05, 3.63) is 77.4 Å². The lowest BCUT2D eigenvalue weighted by atomic mass is 9.88. The van der Waals surface area contributed by atoms with Crippen LogP contribution in [0.3, 0.4) is 0 Å². The molecule has 1 heterocycles. The van der Waals surface area contributed by atoms with Gasteiger partial charge in [-0.25, -0.2) is 0 Å². The maximum absolute atomic E-state index is 11.9. The minimum Gasteiger partial charge on any atom is -0.465 e. The summed E-state index contributed by atoms with van der Waals surface area (Å²) in [6, 6.07) is 21.4. The first kappa shape index (κ1) is 20.3. The van der Waals surface area contributed by atoms with Gasteiger partial charge in [0.15, 0.2) is 0 Å². The Morgan fingerprint density at radius 1 is 0.929 bits per heavy atom. The fourth-order valence-electron chi connectivity index (χ4n) is 3.66. The standard InChI is InChI=1S/C25H31NO2/c1-20(2)19-28-24(27)15-18-26-16-13-23(14-17-26)25(21-9-5-3-6-10-21)22-11-7-4-8-12-22/h3-12,20H,13-19H2,1-2H3. The molecule has 28 heavy (non-hydrogen) atoms. The first-order chi connectivity index (χ1) is 13.6. The molecule has 148 valence electrons. The highest BCUT2D eigenvalue weighted by molar-refractivity contribution is 5.82. The monoisotopic (exact) mass is 377 g/mol. The summed E-state index contributed by atoms with van der Waals surface area (Å²) in [5.41, 5.74) is 5.46. The van der Waals surface area contributed by atoms with Crippen LogP contribution >= 0.6 is 0 Å². The number of hydrogen-bond donors (Lipinski definition) is 0. The number of benzene rings is 2. The van der Waals surface area contributed by atoms with Crippen LogP contribution in [0.15, 0.2) is 66.2 Å². The lowest BCUT2D eigenvalue weighted by Crippen LogP contribution is -2.33. The van der Waals surface area contributed by atoms with Gasteiger partial charge in [-0.2, -0.15) is 0 Å². The quantitative estimate of drug-likeness (QED) is 0.623. The molecule has 2 aromatic rings. The highest BCUT2D eigenvalue weighted by Crippen LogP contribution is 2.32. The number of rotatable bonds is 7. The van der Waals surface area contributed by atoms with Crippen LogP contribution in [0.4, 0.5) is 0 Å². The average Bonchev–Trinajstić information content (AvgIpc) is 2.73. The first-order valence-corrected chi connectivity index (χ1v) is 10.3. The van der Waals surface area contributed by atoms with E-state index in [0.717, 1.165) is 32.5 Å². The lowest BCUT2D eigenvalue weighted by molar-refractivity contribution is -0.145. The van der Waals surface area contributed by atoms with E-state index in [1.165, 1.54) is 22.3 Å². The molecule has 3 nitrogen and oxygen atoms in total. The van der Waals surface area contributed by atoms with Crippen molar-refractivity contribution in [2.24, 2.45) is 5.92 Å². The highest BCUT2D eigenvalue weighted by atomic mass is 16.5. The van der Waals surface area contributed by atoms with E-state index >= 15 is 0 Å². The maximum Gasteiger partial charge on any atom is 0.307 e. The Balaban J connectivity index is 1.65. The van der Waals surface area contributed by atoms with E-state index in [4.69, 9.17) is 4.74 Å². The van der Waals surface area contributed by atoms with E-state index in [0.29, 0.717) is 18.9 Å². The number of carbonyl (C=O) groups is 1. The number of hydrogen-bond acceptors (Lipinski definition) is 3. The Hall–Kier alpha value is -2.39. The van der Waals surface area contributed by atoms with Crippen LogP contribution in [0.25, 0.3) is 5.57 Å². The zero-order valence-electron chi connectivity index (χ0n) is 17.1. The first-order valence-electron chi connectivity index (χ1n) is 10.3. The Bertz CT molecular complexity index is 729. The topological polar surface area (TPSA) is 29.5 Å². The van der Waals surface area contributed by atoms with E-state index in [-0.39, 0.29) is 5.97 Å². The zero-order chi connectivity index (χ0) is 19.8. The Morgan fingerprint density at radius 3 is 1.96 bits per heavy atom. The molecule has 0 spiro atoms. The van der Waals surface area contributed by atoms with Gasteiger partial charge in [-0.15, -0.1) is 0 Å². The number of esters is 1. The molecule has 3 rings (SSSR count). The number of likely N-dealkylation sites (tertiary alicyclic amines) is 1. The van der Waals surface area contributed by atoms with Gasteiger partial charge in [0.05, 0.1) is 13.0 Å². The average molecular weight is 378 g/mol. The van der Waals surface area contributed by atoms with Gasteiger partial charge in [-0.3, -0.25) is 4.79 Å². The molecular formula is C25H31NO2. The zero-order valence-corrected chi connectivity index (χ0v) is 17.1. The molecule has 2 aromatic carbocycles. The van der Waals surface area contributed by atoms with Gasteiger partial charge in [-0.1, -0.05) is 80.1 Å². The summed E-state index contributed by atoms with van der Waals surface area (Å²) in [6.07, 6.45) is 2.57. The summed E-state index contributed by atoms with van der Waals surface area (Å²) >= 11 is 0. The highest BCUT2D eigenvalue weighted by Gasteiger charge is 2.19. The third-order valence-corrected chi connectivity index (χ3v) is 5.15. The third-order valence-electron chi connectivity index (χ3n) is 5.15. The number of piperidine rings is 1. The Kier molecular flexibility index (Phi) is 7.44. The minimum atomic E-state index is -0.0794. The Morgan fingerprint density at radius 2 is 1.46 bits per heavy atom. The molecular weight excluding hydrogens is 346 g/mol. The molecule has 0 amide bonds. The lowest BCUT2D eigenvalue weighted by Gasteiger charge is -2.30. The van der Waals surface area contributed by atoms with Crippen molar-refractivity contribution in [1.29, 1.82) is 0 Å². The summed E-state index contributed by atoms with van der Waals surface area (Å²) in [4.78, 5) is 14.3. The van der Waals surface area contributed by atoms with E-state index in [1.54, 1.807) is 0 Å². The Labute approximate surface area is 169 Å². The van der Waals surface area contributed by atoms with Crippen molar-refractivity contribution >= 4 is 11.5 Å². The van der Waals surface area contributed by atoms with E-state index < -0.39 is 0 Å². The van der Waals surface area contributed by atoms with Crippen LogP contribution in [0.5, 0.6) is 0 Å². The molecule has 1 fully saturated rings. The second-order valence-corrected chi connectivity index (χ2v) is 7.88. The van der Waals surface area contributed by atoms with E-state index in [9.17, 15) is 4.79 Å². The molecule has 0 aliphatic carbocycles. The normalized spacial score (nSPS) is 14.9. The second kappa shape index (κ2) is 10.2. The summed E-state index contributed by atoms with van der Waals surface area (Å²) in [5.74, 6) is 0.310. The number of nitrogens with zero attached hydrogens (tertiary/aromatic N) is 1. The molecule has 0 unspecified atom stereocenters. The van der Waals surface area contributed by atoms with Gasteiger partial charge in [-0.05, 0) is 35.5 Å². The number of ether oxygens (including phenoxy) is 1. The molecule has 0 aromatic heterocycles. The molecule has 1 aliphatic heterocycles. The van der Waals surface area contributed by atoms with Crippen LogP contribution in [-0.2, 0) is 9.53 Å². The van der Waals surface area contributed by atoms with E-state index in [1.807, 2.05) is 0 Å². The van der Waals surface area contributed by atoms with Crippen molar-refractivity contribution in [2.45, 2.75) is 33.1 Å². The van der Waals surface area contributed by atoms with E-state index in [2.05, 4.69) is 79.4 Å².